The van der Waals surface area contributed by atoms with Gasteiger partial charge in [0.15, 0.2) is 5.76 Å². The van der Waals surface area contributed by atoms with Crippen LogP contribution < -0.4 is 10.2 Å². The number of methoxy groups -OCH3 is 1. The first kappa shape index (κ1) is 19.6. The first-order valence-corrected chi connectivity index (χ1v) is 8.46. The Morgan fingerprint density at radius 1 is 1.34 bits per heavy atom. The summed E-state index contributed by atoms with van der Waals surface area (Å²) in [7, 11) is 1.57. The average molecular weight is 399 g/mol. The summed E-state index contributed by atoms with van der Waals surface area (Å²) in [6.45, 7) is 1.88. The third-order valence-electron chi connectivity index (χ3n) is 3.72. The van der Waals surface area contributed by atoms with Crippen LogP contribution in [0.2, 0.25) is 0 Å². The lowest BCUT2D eigenvalue weighted by molar-refractivity contribution is -0.401. The normalized spacial score (nSPS) is 10.8. The van der Waals surface area contributed by atoms with Crippen LogP contribution in [0.3, 0.4) is 0 Å². The highest BCUT2D eigenvalue weighted by Crippen LogP contribution is 2.28. The van der Waals surface area contributed by atoms with Gasteiger partial charge in [0.05, 0.1) is 31.7 Å². The molecule has 1 aromatic carbocycles. The van der Waals surface area contributed by atoms with Crippen molar-refractivity contribution in [2.75, 3.05) is 13.7 Å². The Kier molecular flexibility index (Phi) is 5.88. The largest absolute Gasteiger partial charge is 0.497 e. The number of ether oxygens (including phenoxy) is 2. The number of carbonyl (C=O) groups excluding carboxylic acids is 1. The highest BCUT2D eigenvalue weighted by Gasteiger charge is 2.19. The van der Waals surface area contributed by atoms with Crippen molar-refractivity contribution in [2.45, 2.75) is 6.92 Å². The van der Waals surface area contributed by atoms with Gasteiger partial charge in [0.1, 0.15) is 16.4 Å². The van der Waals surface area contributed by atoms with E-state index in [2.05, 4.69) is 15.6 Å². The second kappa shape index (κ2) is 8.69. The van der Waals surface area contributed by atoms with E-state index in [-0.39, 0.29) is 12.4 Å². The lowest BCUT2D eigenvalue weighted by Gasteiger charge is -2.02. The van der Waals surface area contributed by atoms with E-state index in [0.717, 1.165) is 0 Å². The Labute approximate surface area is 164 Å². The van der Waals surface area contributed by atoms with Crippen LogP contribution in [0, 0.1) is 10.1 Å². The molecule has 0 aliphatic carbocycles. The molecule has 0 unspecified atom stereocenters. The van der Waals surface area contributed by atoms with Crippen molar-refractivity contribution in [3.63, 3.8) is 0 Å². The summed E-state index contributed by atoms with van der Waals surface area (Å²) in [5.41, 5.74) is 3.70. The Hall–Kier alpha value is -4.15. The highest BCUT2D eigenvalue weighted by atomic mass is 16.6. The van der Waals surface area contributed by atoms with Gasteiger partial charge in [-0.1, -0.05) is 0 Å². The molecule has 2 heterocycles. The Morgan fingerprint density at radius 2 is 2.10 bits per heavy atom. The smallest absolute Gasteiger partial charge is 0.433 e. The maximum Gasteiger partial charge on any atom is 0.433 e. The molecule has 0 fully saturated rings. The number of rotatable bonds is 7. The molecule has 2 aromatic heterocycles. The van der Waals surface area contributed by atoms with Gasteiger partial charge in [-0.3, -0.25) is 10.1 Å². The van der Waals surface area contributed by atoms with E-state index in [9.17, 15) is 14.9 Å². The summed E-state index contributed by atoms with van der Waals surface area (Å²) in [6, 6.07) is 9.79. The molecule has 11 heteroatoms. The fourth-order valence-electron chi connectivity index (χ4n) is 2.41. The van der Waals surface area contributed by atoms with Crippen LogP contribution in [0.25, 0.3) is 17.1 Å². The van der Waals surface area contributed by atoms with Crippen LogP contribution in [-0.4, -0.2) is 40.7 Å². The zero-order valence-electron chi connectivity index (χ0n) is 15.6. The lowest BCUT2D eigenvalue weighted by Crippen LogP contribution is -2.18. The molecule has 0 saturated heterocycles. The van der Waals surface area contributed by atoms with Crippen molar-refractivity contribution < 1.29 is 23.6 Å². The average Bonchev–Trinajstić information content (AvgIpc) is 3.35. The van der Waals surface area contributed by atoms with Gasteiger partial charge < -0.3 is 13.9 Å². The topological polar surface area (TPSA) is 134 Å². The van der Waals surface area contributed by atoms with Gasteiger partial charge in [0, 0.05) is 11.8 Å². The molecule has 3 rings (SSSR count). The number of hydrogen-bond acceptors (Lipinski definition) is 8. The minimum Gasteiger partial charge on any atom is -0.497 e. The molecule has 1 N–H and O–H groups in total. The van der Waals surface area contributed by atoms with Gasteiger partial charge in [-0.05, 0) is 37.3 Å². The van der Waals surface area contributed by atoms with Crippen LogP contribution in [-0.2, 0) is 4.74 Å². The molecule has 0 spiro atoms. The van der Waals surface area contributed by atoms with E-state index in [4.69, 9.17) is 13.9 Å². The third-order valence-corrected chi connectivity index (χ3v) is 3.72. The Bertz CT molecular complexity index is 1040. The quantitative estimate of drug-likeness (QED) is 0.366. The van der Waals surface area contributed by atoms with E-state index < -0.39 is 16.9 Å². The second-order valence-corrected chi connectivity index (χ2v) is 5.56. The maximum absolute atomic E-state index is 11.4. The number of carbonyl (C=O) groups is 1. The van der Waals surface area contributed by atoms with Crippen LogP contribution in [0.4, 0.5) is 10.7 Å². The number of hydrogen-bond donors (Lipinski definition) is 1. The van der Waals surface area contributed by atoms with E-state index in [1.165, 1.54) is 18.3 Å². The molecule has 3 aromatic rings. The van der Waals surface area contributed by atoms with Crippen LogP contribution >= 0.6 is 0 Å². The lowest BCUT2D eigenvalue weighted by atomic mass is 10.2. The summed E-state index contributed by atoms with van der Waals surface area (Å²) in [5, 5.41) is 19.2. The van der Waals surface area contributed by atoms with Crippen molar-refractivity contribution in [2.24, 2.45) is 5.10 Å². The summed E-state index contributed by atoms with van der Waals surface area (Å²) in [5.74, 6) is 0.455. The summed E-state index contributed by atoms with van der Waals surface area (Å²) < 4.78 is 16.7. The van der Waals surface area contributed by atoms with Crippen molar-refractivity contribution in [3.8, 4) is 22.9 Å². The first-order valence-electron chi connectivity index (χ1n) is 8.46. The zero-order valence-corrected chi connectivity index (χ0v) is 15.6. The summed E-state index contributed by atoms with van der Waals surface area (Å²) in [4.78, 5) is 21.7. The molecule has 0 radical (unpaired) electrons. The Morgan fingerprint density at radius 3 is 2.72 bits per heavy atom. The molecule has 11 nitrogen and oxygen atoms in total. The number of nitrogens with one attached hydrogen (secondary N) is 1. The number of furan rings is 1. The van der Waals surface area contributed by atoms with E-state index in [1.807, 2.05) is 0 Å². The monoisotopic (exact) mass is 399 g/mol. The molecule has 150 valence electrons. The van der Waals surface area contributed by atoms with E-state index in [0.29, 0.717) is 22.7 Å². The molecule has 0 bridgehead atoms. The van der Waals surface area contributed by atoms with E-state index in [1.54, 1.807) is 49.2 Å². The number of hydrazone groups is 1. The number of benzene rings is 1. The van der Waals surface area contributed by atoms with E-state index >= 15 is 0 Å². The summed E-state index contributed by atoms with van der Waals surface area (Å²) in [6.07, 6.45) is 2.27. The van der Waals surface area contributed by atoms with Gasteiger partial charge in [0.25, 0.3) is 0 Å². The first-order chi connectivity index (χ1) is 14.0. The maximum atomic E-state index is 11.4. The zero-order chi connectivity index (χ0) is 20.8. The number of amides is 1. The minimum absolute atomic E-state index is 0.182. The molecule has 0 saturated carbocycles. The molecular weight excluding hydrogens is 382 g/mol. The Balaban J connectivity index is 1.96. The number of nitro groups is 1. The number of aromatic nitrogens is 2. The molecule has 0 atom stereocenters. The molecule has 0 aliphatic heterocycles. The van der Waals surface area contributed by atoms with Gasteiger partial charge in [-0.15, -0.1) is 0 Å². The third kappa shape index (κ3) is 4.58. The standard InChI is InChI=1S/C18H17N5O6/c1-3-28-18(24)20-19-10-12-11-22(13-4-6-14(27-2)7-5-13)21-17(12)15-8-9-16(29-15)23(25)26/h4-11H,3H2,1-2H3,(H,20,24). The minimum atomic E-state index is -0.707. The van der Waals surface area contributed by atoms with Crippen molar-refractivity contribution in [3.05, 3.63) is 58.3 Å². The van der Waals surface area contributed by atoms with Crippen LogP contribution in [0.5, 0.6) is 5.75 Å². The second-order valence-electron chi connectivity index (χ2n) is 5.56. The molecule has 29 heavy (non-hydrogen) atoms. The predicted octanol–water partition coefficient (Wildman–Crippen LogP) is 3.13. The highest BCUT2D eigenvalue weighted by molar-refractivity contribution is 5.88. The van der Waals surface area contributed by atoms with Gasteiger partial charge >= 0.3 is 12.0 Å². The van der Waals surface area contributed by atoms with Crippen molar-refractivity contribution in [1.29, 1.82) is 0 Å². The molecular formula is C18H17N5O6. The van der Waals surface area contributed by atoms with Crippen molar-refractivity contribution >= 4 is 18.2 Å². The van der Waals surface area contributed by atoms with Crippen LogP contribution in [0.1, 0.15) is 12.5 Å². The molecule has 1 amide bonds. The molecule has 0 aliphatic rings. The van der Waals surface area contributed by atoms with Gasteiger partial charge in [-0.2, -0.15) is 10.2 Å². The SMILES string of the molecule is CCOC(=O)NN=Cc1cn(-c2ccc(OC)cc2)nc1-c1ccc([N+](=O)[O-])o1. The fraction of sp³-hybridized carbons (Fsp3) is 0.167. The van der Waals surface area contributed by atoms with Gasteiger partial charge in [-0.25, -0.2) is 14.9 Å². The van der Waals surface area contributed by atoms with Crippen molar-refractivity contribution in [1.82, 2.24) is 15.2 Å². The van der Waals surface area contributed by atoms with Gasteiger partial charge in [0.2, 0.25) is 0 Å². The summed E-state index contributed by atoms with van der Waals surface area (Å²) >= 11 is 0. The predicted molar refractivity (Wildman–Crippen MR) is 102 cm³/mol. The number of nitrogens with zero attached hydrogens (tertiary/aromatic N) is 4. The fourth-order valence-corrected chi connectivity index (χ4v) is 2.41. The van der Waals surface area contributed by atoms with Crippen LogP contribution in [0.15, 0.2) is 52.1 Å².